The Labute approximate surface area is 119 Å². The second kappa shape index (κ2) is 4.95. The van der Waals surface area contributed by atoms with Crippen molar-refractivity contribution >= 4 is 6.08 Å². The molecule has 1 saturated carbocycles. The van der Waals surface area contributed by atoms with Gasteiger partial charge in [-0.2, -0.15) is 4.99 Å². The molecule has 2 rings (SSSR count). The van der Waals surface area contributed by atoms with Crippen molar-refractivity contribution < 1.29 is 14.6 Å². The average molecular weight is 275 g/mol. The molecule has 0 aromatic heterocycles. The number of carbonyl (C=O) groups excluding carboxylic acids is 1. The molecular formula is C16H21NO3. The van der Waals surface area contributed by atoms with Crippen LogP contribution in [0.5, 0.6) is 11.5 Å². The van der Waals surface area contributed by atoms with Gasteiger partial charge in [0.1, 0.15) is 5.54 Å². The van der Waals surface area contributed by atoms with Crippen LogP contribution in [-0.4, -0.2) is 18.3 Å². The highest BCUT2D eigenvalue weighted by Crippen LogP contribution is 2.51. The number of hydrogen-bond acceptors (Lipinski definition) is 4. The molecule has 1 aliphatic carbocycles. The number of nitrogens with zero attached hydrogens (tertiary/aromatic N) is 1. The van der Waals surface area contributed by atoms with Crippen LogP contribution in [0, 0.1) is 0 Å². The van der Waals surface area contributed by atoms with Crippen molar-refractivity contribution in [2.75, 3.05) is 7.11 Å². The normalized spacial score (nSPS) is 17.0. The second-order valence-electron chi connectivity index (χ2n) is 6.41. The number of benzene rings is 1. The van der Waals surface area contributed by atoms with Crippen molar-refractivity contribution in [1.82, 2.24) is 0 Å². The van der Waals surface area contributed by atoms with E-state index >= 15 is 0 Å². The monoisotopic (exact) mass is 275 g/mol. The fraction of sp³-hybridized carbons (Fsp3) is 0.562. The van der Waals surface area contributed by atoms with E-state index in [-0.39, 0.29) is 11.2 Å². The molecule has 0 amide bonds. The summed E-state index contributed by atoms with van der Waals surface area (Å²) in [5, 5.41) is 10.4. The topological polar surface area (TPSA) is 58.9 Å². The third-order valence-corrected chi connectivity index (χ3v) is 4.10. The average Bonchev–Trinajstić information content (AvgIpc) is 2.33. The number of phenolic OH excluding ortho intramolecular Hbond substituents is 1. The minimum Gasteiger partial charge on any atom is -0.504 e. The number of aromatic hydroxyl groups is 1. The van der Waals surface area contributed by atoms with Crippen molar-refractivity contribution in [3.05, 3.63) is 23.3 Å². The maximum absolute atomic E-state index is 10.7. The third-order valence-electron chi connectivity index (χ3n) is 4.10. The van der Waals surface area contributed by atoms with Crippen LogP contribution in [0.1, 0.15) is 51.2 Å². The summed E-state index contributed by atoms with van der Waals surface area (Å²) in [6.45, 7) is 6.29. The van der Waals surface area contributed by atoms with Gasteiger partial charge in [-0.15, -0.1) is 0 Å². The first-order valence-corrected chi connectivity index (χ1v) is 6.85. The summed E-state index contributed by atoms with van der Waals surface area (Å²) in [6.07, 6.45) is 4.16. The lowest BCUT2D eigenvalue weighted by Crippen LogP contribution is -2.32. The van der Waals surface area contributed by atoms with Crippen LogP contribution >= 0.6 is 0 Å². The van der Waals surface area contributed by atoms with Gasteiger partial charge >= 0.3 is 0 Å². The molecule has 0 bridgehead atoms. The molecule has 1 N–H and O–H groups in total. The van der Waals surface area contributed by atoms with Gasteiger partial charge in [-0.25, -0.2) is 4.79 Å². The standard InChI is InChI=1S/C16H21NO3/c1-15(2,3)11-8-12(14(19)13(9-11)20-4)16(17-10-18)6-5-7-16/h8-9,19H,5-7H2,1-4H3. The minimum absolute atomic E-state index is 0.0778. The highest BCUT2D eigenvalue weighted by atomic mass is 16.5. The lowest BCUT2D eigenvalue weighted by atomic mass is 9.70. The van der Waals surface area contributed by atoms with E-state index in [4.69, 9.17) is 4.74 Å². The van der Waals surface area contributed by atoms with Crippen LogP contribution in [0.2, 0.25) is 0 Å². The van der Waals surface area contributed by atoms with Gasteiger partial charge in [0.15, 0.2) is 11.5 Å². The first-order valence-electron chi connectivity index (χ1n) is 6.85. The fourth-order valence-corrected chi connectivity index (χ4v) is 2.59. The number of hydrogen-bond donors (Lipinski definition) is 1. The molecule has 108 valence electrons. The predicted molar refractivity (Wildman–Crippen MR) is 77.0 cm³/mol. The van der Waals surface area contributed by atoms with Crippen LogP contribution in [0.15, 0.2) is 17.1 Å². The quantitative estimate of drug-likeness (QED) is 0.679. The van der Waals surface area contributed by atoms with Gasteiger partial charge in [-0.3, -0.25) is 0 Å². The first-order chi connectivity index (χ1) is 9.34. The summed E-state index contributed by atoms with van der Waals surface area (Å²) in [5.74, 6) is 0.513. The van der Waals surface area contributed by atoms with E-state index in [0.717, 1.165) is 24.8 Å². The number of rotatable bonds is 3. The van der Waals surface area contributed by atoms with Gasteiger partial charge in [-0.1, -0.05) is 20.8 Å². The Balaban J connectivity index is 2.65. The Hall–Kier alpha value is -1.80. The lowest BCUT2D eigenvalue weighted by Gasteiger charge is -2.38. The van der Waals surface area contributed by atoms with E-state index in [1.807, 2.05) is 12.1 Å². The summed E-state index contributed by atoms with van der Waals surface area (Å²) in [4.78, 5) is 14.7. The molecule has 0 unspecified atom stereocenters. The highest BCUT2D eigenvalue weighted by Gasteiger charge is 2.42. The summed E-state index contributed by atoms with van der Waals surface area (Å²) < 4.78 is 5.27. The Bertz CT molecular complexity index is 562. The SMILES string of the molecule is COc1cc(C(C)(C)C)cc(C2(N=C=O)CCC2)c1O. The van der Waals surface area contributed by atoms with Crippen molar-refractivity contribution in [2.45, 2.75) is 51.0 Å². The molecule has 20 heavy (non-hydrogen) atoms. The summed E-state index contributed by atoms with van der Waals surface area (Å²) in [5.41, 5.74) is 1.03. The number of ether oxygens (including phenoxy) is 1. The molecule has 1 aromatic rings. The molecule has 0 saturated heterocycles. The number of phenols is 1. The Kier molecular flexibility index (Phi) is 3.61. The van der Waals surface area contributed by atoms with Gasteiger partial charge in [0.2, 0.25) is 6.08 Å². The van der Waals surface area contributed by atoms with E-state index in [2.05, 4.69) is 25.8 Å². The lowest BCUT2D eigenvalue weighted by molar-refractivity contribution is 0.244. The fourth-order valence-electron chi connectivity index (χ4n) is 2.59. The van der Waals surface area contributed by atoms with E-state index < -0.39 is 5.54 Å². The van der Waals surface area contributed by atoms with Crippen LogP contribution in [0.25, 0.3) is 0 Å². The van der Waals surface area contributed by atoms with Crippen molar-refractivity contribution in [3.63, 3.8) is 0 Å². The number of isocyanates is 1. The van der Waals surface area contributed by atoms with Crippen LogP contribution in [0.3, 0.4) is 0 Å². The van der Waals surface area contributed by atoms with E-state index in [9.17, 15) is 9.90 Å². The van der Waals surface area contributed by atoms with Gasteiger partial charge in [0.25, 0.3) is 0 Å². The smallest absolute Gasteiger partial charge is 0.235 e. The predicted octanol–water partition coefficient (Wildman–Crippen LogP) is 3.41. The molecule has 0 spiro atoms. The van der Waals surface area contributed by atoms with Crippen LogP contribution in [0.4, 0.5) is 0 Å². The second-order valence-corrected chi connectivity index (χ2v) is 6.41. The Morgan fingerprint density at radius 1 is 1.35 bits per heavy atom. The molecule has 0 aliphatic heterocycles. The molecule has 1 aromatic carbocycles. The van der Waals surface area contributed by atoms with Crippen LogP contribution in [-0.2, 0) is 15.7 Å². The Morgan fingerprint density at radius 3 is 2.40 bits per heavy atom. The summed E-state index contributed by atoms with van der Waals surface area (Å²) >= 11 is 0. The van der Waals surface area contributed by atoms with Gasteiger partial charge in [-0.05, 0) is 42.4 Å². The Morgan fingerprint density at radius 2 is 2.00 bits per heavy atom. The zero-order chi connectivity index (χ0) is 15.0. The van der Waals surface area contributed by atoms with Crippen LogP contribution < -0.4 is 4.74 Å². The zero-order valence-corrected chi connectivity index (χ0v) is 12.5. The molecule has 1 fully saturated rings. The first kappa shape index (κ1) is 14.6. The van der Waals surface area contributed by atoms with E-state index in [0.29, 0.717) is 11.3 Å². The van der Waals surface area contributed by atoms with Gasteiger partial charge < -0.3 is 9.84 Å². The largest absolute Gasteiger partial charge is 0.504 e. The zero-order valence-electron chi connectivity index (χ0n) is 12.5. The van der Waals surface area contributed by atoms with Crippen molar-refractivity contribution in [3.8, 4) is 11.5 Å². The van der Waals surface area contributed by atoms with E-state index in [1.54, 1.807) is 6.08 Å². The third kappa shape index (κ3) is 2.32. The summed E-state index contributed by atoms with van der Waals surface area (Å²) in [7, 11) is 1.53. The maximum Gasteiger partial charge on any atom is 0.235 e. The molecule has 4 nitrogen and oxygen atoms in total. The minimum atomic E-state index is -0.625. The molecule has 0 radical (unpaired) electrons. The highest BCUT2D eigenvalue weighted by molar-refractivity contribution is 5.55. The molecule has 0 heterocycles. The maximum atomic E-state index is 10.7. The number of methoxy groups -OCH3 is 1. The summed E-state index contributed by atoms with van der Waals surface area (Å²) in [6, 6.07) is 3.79. The molecule has 4 heteroatoms. The van der Waals surface area contributed by atoms with Crippen molar-refractivity contribution in [1.29, 1.82) is 0 Å². The number of aliphatic imine (C=N–C) groups is 1. The molecule has 1 aliphatic rings. The molecular weight excluding hydrogens is 254 g/mol. The van der Waals surface area contributed by atoms with Gasteiger partial charge in [0.05, 0.1) is 7.11 Å². The van der Waals surface area contributed by atoms with Crippen molar-refractivity contribution in [2.24, 2.45) is 4.99 Å². The van der Waals surface area contributed by atoms with E-state index in [1.165, 1.54) is 7.11 Å². The molecule has 0 atom stereocenters. The van der Waals surface area contributed by atoms with Gasteiger partial charge in [0, 0.05) is 5.56 Å².